The largest absolute Gasteiger partial charge is 0.494 e. The van der Waals surface area contributed by atoms with Crippen LogP contribution in [0.25, 0.3) is 0 Å². The highest BCUT2D eigenvalue weighted by Crippen LogP contribution is 2.48. The molecule has 772 valence electrons. The Morgan fingerprint density at radius 1 is 0.375 bits per heavy atom. The second-order valence-corrected chi connectivity index (χ2v) is 43.7. The molecular formula is C118H136Cl5I3O18. The summed E-state index contributed by atoms with van der Waals surface area (Å²) in [5, 5.41) is 45.0. The minimum Gasteiger partial charge on any atom is -0.494 e. The lowest BCUT2D eigenvalue weighted by Crippen LogP contribution is -2.55. The van der Waals surface area contributed by atoms with Crippen LogP contribution in [0.4, 0.5) is 0 Å². The van der Waals surface area contributed by atoms with E-state index in [-0.39, 0.29) is 61.4 Å². The number of fused-ring (bicyclic) bond motifs is 1. The Labute approximate surface area is 916 Å². The third-order valence-electron chi connectivity index (χ3n) is 26.9. The van der Waals surface area contributed by atoms with Gasteiger partial charge in [0.25, 0.3) is 0 Å². The zero-order valence-corrected chi connectivity index (χ0v) is 94.1. The number of carbonyl (C=O) groups is 1. The molecule has 17 rings (SSSR count). The standard InChI is InChI=1S/C29H31ClO5.C24H29ClO6.C22H24ClI3O2.C22H27ClO2.C21H25ClO3/c1-3-32-23-12-9-19(10-13-23)15-22-16-21(11-14-24(22)30)28-26(31)18(2)27-25(34-28)17-33-29(35-27)20-7-5-4-6-8-20;1-4-29-19-8-5-16(6-9-19)11-18-12-17(7-10-20(18)25)24-23(30-15(3)27)14(2)22(28)21(13-26)31-24;1-3-27-17-7-4-14(5-8-17)10-16-11-15(6-9-18(16)23)22-21(26)13(2)20(25)19(12-24)28-22;1-4-24-20-8-5-17(6-9-20)13-19-14-18(7-10-21(19)23)22-12-15(2)11-16(3)25-22;1-3-24-19-7-4-15(5-8-19)11-17-12-16(6-9-20(17)22)21-13-18(23)10-14(2)25-21/h4-14,16,18,25-29,31H,3,15,17H2,1-2H3;5-10,12,14,21-24,26,28H,4,11,13H2,1-3H3;4-9,11,13,19-22H,3,10,12H2,1-2H3;5-10,14-16,22H,4,11-13H2,1-3H3;4-9,12,14,18,21,23H,3,10-11,13H2,1-2H3. The van der Waals surface area contributed by atoms with E-state index in [1.165, 1.54) is 34.7 Å². The molecule has 11 aromatic rings. The maximum Gasteiger partial charge on any atom is 0.303 e. The first-order valence-corrected chi connectivity index (χ1v) is 56.1. The smallest absolute Gasteiger partial charge is 0.303 e. The van der Waals surface area contributed by atoms with Crippen LogP contribution in [0.15, 0.2) is 243 Å². The molecule has 144 heavy (non-hydrogen) atoms. The van der Waals surface area contributed by atoms with Gasteiger partial charge in [0.2, 0.25) is 0 Å². The van der Waals surface area contributed by atoms with Gasteiger partial charge in [-0.25, -0.2) is 0 Å². The Morgan fingerprint density at radius 3 is 1.10 bits per heavy atom. The Kier molecular flexibility index (Phi) is 44.6. The highest BCUT2D eigenvalue weighted by Gasteiger charge is 2.49. The Bertz CT molecular complexity index is 5670. The first-order chi connectivity index (χ1) is 69.4. The summed E-state index contributed by atoms with van der Waals surface area (Å²) in [5.74, 6) is 4.66. The quantitative estimate of drug-likeness (QED) is 0.0195. The van der Waals surface area contributed by atoms with Crippen molar-refractivity contribution < 1.29 is 86.8 Å². The van der Waals surface area contributed by atoms with Gasteiger partial charge in [-0.3, -0.25) is 4.79 Å². The van der Waals surface area contributed by atoms with Gasteiger partial charge >= 0.3 is 5.97 Å². The van der Waals surface area contributed by atoms with Crippen LogP contribution in [0.3, 0.4) is 0 Å². The van der Waals surface area contributed by atoms with Crippen molar-refractivity contribution in [1.82, 2.24) is 0 Å². The zero-order valence-electron chi connectivity index (χ0n) is 83.8. The van der Waals surface area contributed by atoms with E-state index in [0.29, 0.717) is 101 Å². The summed E-state index contributed by atoms with van der Waals surface area (Å²) in [4.78, 5) is 11.7. The number of aliphatic hydroxyl groups excluding tert-OH is 4. The van der Waals surface area contributed by atoms with Gasteiger partial charge in [-0.1, -0.05) is 305 Å². The van der Waals surface area contributed by atoms with E-state index in [1.807, 2.05) is 218 Å². The fourth-order valence-corrected chi connectivity index (χ4v) is 24.7. The van der Waals surface area contributed by atoms with Crippen LogP contribution < -0.4 is 23.7 Å². The molecule has 26 heteroatoms. The van der Waals surface area contributed by atoms with E-state index >= 15 is 0 Å². The van der Waals surface area contributed by atoms with Crippen LogP contribution in [0, 0.1) is 23.7 Å². The number of ether oxygens (including phenoxy) is 13. The fourth-order valence-electron chi connectivity index (χ4n) is 19.4. The summed E-state index contributed by atoms with van der Waals surface area (Å²) in [6.45, 7) is 27.2. The van der Waals surface area contributed by atoms with Crippen LogP contribution in [0.1, 0.15) is 235 Å². The first kappa shape index (κ1) is 114. The number of hydrogen-bond acceptors (Lipinski definition) is 18. The Hall–Kier alpha value is -6.91. The summed E-state index contributed by atoms with van der Waals surface area (Å²) in [6.07, 6.45) is 2.59. The van der Waals surface area contributed by atoms with Gasteiger partial charge in [0, 0.05) is 68.1 Å². The summed E-state index contributed by atoms with van der Waals surface area (Å²) < 4.78 is 78.4. The number of halogens is 8. The molecule has 18 nitrogen and oxygen atoms in total. The van der Waals surface area contributed by atoms with Crippen molar-refractivity contribution in [3.8, 4) is 28.7 Å². The minimum atomic E-state index is -0.943. The van der Waals surface area contributed by atoms with E-state index in [1.54, 1.807) is 13.0 Å². The number of esters is 1. The maximum absolute atomic E-state index is 11.7. The van der Waals surface area contributed by atoms with Crippen molar-refractivity contribution in [3.05, 3.63) is 357 Å². The van der Waals surface area contributed by atoms with Crippen LogP contribution in [0.5, 0.6) is 28.7 Å². The Morgan fingerprint density at radius 2 is 0.736 bits per heavy atom. The second-order valence-electron chi connectivity index (χ2n) is 37.9. The van der Waals surface area contributed by atoms with E-state index in [2.05, 4.69) is 155 Å². The fraction of sp³-hybridized carbons (Fsp3) is 0.432. The minimum absolute atomic E-state index is 0.0685. The van der Waals surface area contributed by atoms with Gasteiger partial charge < -0.3 is 82.0 Å². The molecule has 11 aromatic carbocycles. The number of aliphatic hydroxyl groups is 4. The maximum atomic E-state index is 11.7. The van der Waals surface area contributed by atoms with Crippen LogP contribution in [0.2, 0.25) is 25.1 Å². The number of hydrogen-bond donors (Lipinski definition) is 4. The second kappa shape index (κ2) is 56.3. The summed E-state index contributed by atoms with van der Waals surface area (Å²) in [6, 6.07) is 80.5. The normalized spacial score (nSPS) is 25.9. The number of benzene rings is 11. The van der Waals surface area contributed by atoms with Gasteiger partial charge in [0.05, 0.1) is 107 Å². The highest BCUT2D eigenvalue weighted by molar-refractivity contribution is 14.1. The molecule has 0 radical (unpaired) electrons. The molecule has 0 aromatic heterocycles. The van der Waals surface area contributed by atoms with Gasteiger partial charge in [-0.05, 0) is 286 Å². The lowest BCUT2D eigenvalue weighted by Gasteiger charge is -2.47. The third-order valence-corrected chi connectivity index (χ3v) is 33.4. The van der Waals surface area contributed by atoms with Crippen molar-refractivity contribution in [2.45, 2.75) is 247 Å². The summed E-state index contributed by atoms with van der Waals surface area (Å²) in [5.41, 5.74) is 17.3. The highest BCUT2D eigenvalue weighted by atomic mass is 127. The van der Waals surface area contributed by atoms with Crippen molar-refractivity contribution >= 4 is 132 Å². The number of rotatable bonds is 29. The molecule has 6 aliphatic heterocycles. The number of carbonyl (C=O) groups excluding carboxylic acids is 1. The molecule has 22 unspecified atom stereocenters. The summed E-state index contributed by atoms with van der Waals surface area (Å²) in [7, 11) is 0. The molecule has 0 aliphatic carbocycles. The third kappa shape index (κ3) is 31.9. The summed E-state index contributed by atoms with van der Waals surface area (Å²) >= 11 is 40.0. The Balaban J connectivity index is 0.000000152. The first-order valence-electron chi connectivity index (χ1n) is 50.2. The average molecular weight is 2400 g/mol. The molecule has 22 atom stereocenters. The SMILES string of the molecule is CCOc1ccc(Cc2cc(C3CC(C)CC(C)O3)ccc2Cl)cc1.CCOc1ccc(Cc2cc(C3CC(O)CC(C)O3)ccc2Cl)cc1.CCOc1ccc(Cc2cc(C3OC(CI)C(I)C(C)C3I)ccc2Cl)cc1.CCOc1ccc(Cc2cc(C3OC(CO)C(O)C(C)C3OC(C)=O)ccc2Cl)cc1.CCOc1ccc(Cc2cc(C3OC4COC(c5ccccc5)OC4C(C)C3O)ccc2Cl)cc1. The van der Waals surface area contributed by atoms with E-state index in [4.69, 9.17) is 120 Å². The van der Waals surface area contributed by atoms with Gasteiger partial charge in [-0.2, -0.15) is 0 Å². The van der Waals surface area contributed by atoms with Crippen molar-refractivity contribution in [3.63, 3.8) is 0 Å². The molecule has 0 bridgehead atoms. The van der Waals surface area contributed by atoms with Crippen LogP contribution in [-0.4, -0.2) is 146 Å². The monoisotopic (exact) mass is 2400 g/mol. The predicted octanol–water partition coefficient (Wildman–Crippen LogP) is 28.2. The number of alkyl halides is 3. The average Bonchev–Trinajstić information content (AvgIpc) is 0.780. The van der Waals surface area contributed by atoms with E-state index in [9.17, 15) is 25.2 Å². The van der Waals surface area contributed by atoms with Crippen molar-refractivity contribution in [2.24, 2.45) is 23.7 Å². The molecule has 6 heterocycles. The lowest BCUT2D eigenvalue weighted by molar-refractivity contribution is -0.318. The van der Waals surface area contributed by atoms with E-state index < -0.39 is 54.8 Å². The zero-order chi connectivity index (χ0) is 103. The van der Waals surface area contributed by atoms with Crippen molar-refractivity contribution in [1.29, 1.82) is 0 Å². The molecule has 0 spiro atoms. The molecule has 0 saturated carbocycles. The van der Waals surface area contributed by atoms with Crippen molar-refractivity contribution in [2.75, 3.05) is 50.7 Å². The van der Waals surface area contributed by atoms with Gasteiger partial charge in [0.15, 0.2) is 6.29 Å². The van der Waals surface area contributed by atoms with Gasteiger partial charge in [0.1, 0.15) is 59.3 Å². The van der Waals surface area contributed by atoms with Crippen LogP contribution in [-0.2, 0) is 74.8 Å². The molecule has 6 aliphatic rings. The molecule has 4 N–H and O–H groups in total. The van der Waals surface area contributed by atoms with E-state index in [0.717, 1.165) is 142 Å². The molecule has 0 amide bonds. The molecule has 6 fully saturated rings. The van der Waals surface area contributed by atoms with Crippen LogP contribution >= 0.6 is 126 Å². The van der Waals surface area contributed by atoms with Gasteiger partial charge in [-0.15, -0.1) is 0 Å². The lowest BCUT2D eigenvalue weighted by atomic mass is 9.84. The molecule has 6 saturated heterocycles. The molecular weight excluding hydrogens is 2260 g/mol. The predicted molar refractivity (Wildman–Crippen MR) is 599 cm³/mol. The topological polar surface area (TPSA) is 218 Å².